The summed E-state index contributed by atoms with van der Waals surface area (Å²) in [6.45, 7) is 10.4. The fourth-order valence-corrected chi connectivity index (χ4v) is 3.34. The summed E-state index contributed by atoms with van der Waals surface area (Å²) in [4.78, 5) is 3.42. The lowest BCUT2D eigenvalue weighted by Gasteiger charge is -2.19. The minimum atomic E-state index is 0.427. The highest BCUT2D eigenvalue weighted by atomic mass is 35.5. The standard InChI is InChI=1S/C17H22ClN/c1-5-7-14-8-11(3)15(13(6-2)9-18)16-12(4)10-19-17(14)16/h5,8,10,13,19H,1,6-7,9H2,2-4H3. The van der Waals surface area contributed by atoms with Gasteiger partial charge in [0.2, 0.25) is 0 Å². The number of aromatic nitrogens is 1. The zero-order chi connectivity index (χ0) is 14.0. The van der Waals surface area contributed by atoms with E-state index in [1.54, 1.807) is 0 Å². The Bertz CT molecular complexity index is 591. The number of benzene rings is 1. The molecule has 102 valence electrons. The Morgan fingerprint density at radius 3 is 2.68 bits per heavy atom. The van der Waals surface area contributed by atoms with Crippen molar-refractivity contribution in [3.8, 4) is 0 Å². The quantitative estimate of drug-likeness (QED) is 0.567. The second-order valence-corrected chi connectivity index (χ2v) is 5.55. The van der Waals surface area contributed by atoms with Crippen LogP contribution in [0.3, 0.4) is 0 Å². The van der Waals surface area contributed by atoms with E-state index in [2.05, 4.69) is 44.6 Å². The second-order valence-electron chi connectivity index (χ2n) is 5.24. The summed E-state index contributed by atoms with van der Waals surface area (Å²) in [5.41, 5.74) is 6.64. The summed E-state index contributed by atoms with van der Waals surface area (Å²) in [5.74, 6) is 1.11. The first-order chi connectivity index (χ1) is 9.13. The van der Waals surface area contributed by atoms with Gasteiger partial charge in [-0.2, -0.15) is 0 Å². The number of nitrogens with one attached hydrogen (secondary N) is 1. The van der Waals surface area contributed by atoms with E-state index in [1.807, 2.05) is 6.08 Å². The number of aromatic amines is 1. The van der Waals surface area contributed by atoms with E-state index in [9.17, 15) is 0 Å². The molecule has 1 unspecified atom stereocenters. The van der Waals surface area contributed by atoms with Crippen LogP contribution in [-0.4, -0.2) is 10.9 Å². The number of allylic oxidation sites excluding steroid dienone is 1. The van der Waals surface area contributed by atoms with Crippen LogP contribution in [0.2, 0.25) is 0 Å². The highest BCUT2D eigenvalue weighted by molar-refractivity contribution is 6.18. The zero-order valence-electron chi connectivity index (χ0n) is 12.0. The molecular formula is C17H22ClN. The van der Waals surface area contributed by atoms with Crippen molar-refractivity contribution in [1.29, 1.82) is 0 Å². The largest absolute Gasteiger partial charge is 0.361 e. The van der Waals surface area contributed by atoms with Crippen molar-refractivity contribution in [1.82, 2.24) is 4.98 Å². The van der Waals surface area contributed by atoms with E-state index in [0.717, 1.165) is 12.8 Å². The molecule has 19 heavy (non-hydrogen) atoms. The number of hydrogen-bond acceptors (Lipinski definition) is 0. The van der Waals surface area contributed by atoms with Gasteiger partial charge in [0.1, 0.15) is 0 Å². The van der Waals surface area contributed by atoms with Crippen LogP contribution < -0.4 is 0 Å². The second kappa shape index (κ2) is 5.83. The molecule has 1 aromatic carbocycles. The molecule has 0 aliphatic rings. The van der Waals surface area contributed by atoms with E-state index in [4.69, 9.17) is 11.6 Å². The van der Waals surface area contributed by atoms with Crippen molar-refractivity contribution < 1.29 is 0 Å². The molecule has 0 aliphatic heterocycles. The third kappa shape index (κ3) is 2.44. The van der Waals surface area contributed by atoms with Gasteiger partial charge >= 0.3 is 0 Å². The Balaban J connectivity index is 2.77. The number of rotatable bonds is 5. The van der Waals surface area contributed by atoms with Gasteiger partial charge in [-0.3, -0.25) is 0 Å². The predicted octanol–water partition coefficient (Wildman–Crippen LogP) is 5.25. The van der Waals surface area contributed by atoms with Crippen LogP contribution in [0.15, 0.2) is 24.9 Å². The smallest absolute Gasteiger partial charge is 0.0495 e. The van der Waals surface area contributed by atoms with Crippen LogP contribution in [0.1, 0.15) is 41.5 Å². The van der Waals surface area contributed by atoms with Gasteiger partial charge in [0.25, 0.3) is 0 Å². The van der Waals surface area contributed by atoms with Crippen molar-refractivity contribution in [2.75, 3.05) is 5.88 Å². The lowest BCUT2D eigenvalue weighted by Crippen LogP contribution is -2.04. The Hall–Kier alpha value is -1.21. The number of fused-ring (bicyclic) bond motifs is 1. The zero-order valence-corrected chi connectivity index (χ0v) is 12.8. The number of halogens is 1. The van der Waals surface area contributed by atoms with Gasteiger partial charge in [0, 0.05) is 23.0 Å². The summed E-state index contributed by atoms with van der Waals surface area (Å²) >= 11 is 6.17. The molecule has 2 aromatic rings. The molecule has 0 spiro atoms. The molecule has 1 aromatic heterocycles. The lowest BCUT2D eigenvalue weighted by atomic mass is 9.87. The van der Waals surface area contributed by atoms with Gasteiger partial charge in [0.05, 0.1) is 0 Å². The average molecular weight is 276 g/mol. The molecular weight excluding hydrogens is 254 g/mol. The summed E-state index contributed by atoms with van der Waals surface area (Å²) < 4.78 is 0. The van der Waals surface area contributed by atoms with Crippen LogP contribution in [0.4, 0.5) is 0 Å². The number of H-pyrrole nitrogens is 1. The molecule has 0 saturated heterocycles. The van der Waals surface area contributed by atoms with E-state index in [-0.39, 0.29) is 0 Å². The van der Waals surface area contributed by atoms with E-state index >= 15 is 0 Å². The molecule has 0 radical (unpaired) electrons. The van der Waals surface area contributed by atoms with Gasteiger partial charge in [-0.15, -0.1) is 18.2 Å². The summed E-state index contributed by atoms with van der Waals surface area (Å²) in [6.07, 6.45) is 6.03. The molecule has 0 saturated carbocycles. The van der Waals surface area contributed by atoms with Crippen LogP contribution in [0.5, 0.6) is 0 Å². The number of hydrogen-bond donors (Lipinski definition) is 1. The van der Waals surface area contributed by atoms with Gasteiger partial charge in [-0.05, 0) is 54.9 Å². The Morgan fingerprint density at radius 2 is 2.11 bits per heavy atom. The van der Waals surface area contributed by atoms with Crippen molar-refractivity contribution in [2.45, 2.75) is 39.5 Å². The van der Waals surface area contributed by atoms with Gasteiger partial charge in [-0.25, -0.2) is 0 Å². The topological polar surface area (TPSA) is 15.8 Å². The van der Waals surface area contributed by atoms with Crippen LogP contribution in [-0.2, 0) is 6.42 Å². The van der Waals surface area contributed by atoms with Crippen LogP contribution in [0, 0.1) is 13.8 Å². The van der Waals surface area contributed by atoms with Crippen molar-refractivity contribution in [3.63, 3.8) is 0 Å². The number of alkyl halides is 1. The third-order valence-corrected chi connectivity index (χ3v) is 4.31. The van der Waals surface area contributed by atoms with Gasteiger partial charge in [-0.1, -0.05) is 19.1 Å². The van der Waals surface area contributed by atoms with Crippen LogP contribution >= 0.6 is 11.6 Å². The molecule has 2 rings (SSSR count). The highest BCUT2D eigenvalue weighted by Crippen LogP contribution is 2.35. The minimum absolute atomic E-state index is 0.427. The van der Waals surface area contributed by atoms with Gasteiger partial charge in [0.15, 0.2) is 0 Å². The first-order valence-corrected chi connectivity index (χ1v) is 7.44. The first-order valence-electron chi connectivity index (χ1n) is 6.90. The van der Waals surface area contributed by atoms with Crippen molar-refractivity contribution >= 4 is 22.5 Å². The highest BCUT2D eigenvalue weighted by Gasteiger charge is 2.18. The lowest BCUT2D eigenvalue weighted by molar-refractivity contribution is 0.741. The predicted molar refractivity (Wildman–Crippen MR) is 85.4 cm³/mol. The average Bonchev–Trinajstić information content (AvgIpc) is 2.77. The van der Waals surface area contributed by atoms with Crippen molar-refractivity contribution in [3.05, 3.63) is 47.2 Å². The van der Waals surface area contributed by atoms with E-state index < -0.39 is 0 Å². The Labute approximate surface area is 120 Å². The number of aryl methyl sites for hydroxylation is 2. The summed E-state index contributed by atoms with van der Waals surface area (Å²) in [5, 5.41) is 1.37. The maximum atomic E-state index is 6.17. The minimum Gasteiger partial charge on any atom is -0.361 e. The molecule has 1 N–H and O–H groups in total. The summed E-state index contributed by atoms with van der Waals surface area (Å²) in [6, 6.07) is 2.28. The molecule has 1 heterocycles. The molecule has 1 nitrogen and oxygen atoms in total. The monoisotopic (exact) mass is 275 g/mol. The molecule has 0 amide bonds. The van der Waals surface area contributed by atoms with Gasteiger partial charge < -0.3 is 4.98 Å². The van der Waals surface area contributed by atoms with Crippen molar-refractivity contribution in [2.24, 2.45) is 0 Å². The molecule has 1 atom stereocenters. The summed E-state index contributed by atoms with van der Waals surface area (Å²) in [7, 11) is 0. The first kappa shape index (κ1) is 14.2. The molecule has 0 aliphatic carbocycles. The fraction of sp³-hybridized carbons (Fsp3) is 0.412. The maximum Gasteiger partial charge on any atom is 0.0495 e. The maximum absolute atomic E-state index is 6.17. The SMILES string of the molecule is C=CCc1cc(C)c(C(CC)CCl)c2c(C)c[nH]c12. The Kier molecular flexibility index (Phi) is 4.36. The van der Waals surface area contributed by atoms with Crippen LogP contribution in [0.25, 0.3) is 10.9 Å². The van der Waals surface area contributed by atoms with E-state index in [0.29, 0.717) is 11.8 Å². The third-order valence-electron chi connectivity index (χ3n) is 3.93. The molecule has 0 fully saturated rings. The van der Waals surface area contributed by atoms with E-state index in [1.165, 1.54) is 33.2 Å². The molecule has 2 heteroatoms. The normalized spacial score (nSPS) is 12.8. The Morgan fingerprint density at radius 1 is 1.37 bits per heavy atom. The fourth-order valence-electron chi connectivity index (χ4n) is 2.96. The molecule has 0 bridgehead atoms.